The standard InChI is InChI=1S/C19H15BrCl2O2/c1-12(20)24-14-7-5-13(6-8-14)11-23-18-4-2-3-16-15(18)9-10-17(21)19(16)22/h2-10,12H,11H2,1H3. The molecule has 0 saturated carbocycles. The summed E-state index contributed by atoms with van der Waals surface area (Å²) in [6.45, 7) is 2.39. The third kappa shape index (κ3) is 3.97. The lowest BCUT2D eigenvalue weighted by Gasteiger charge is -2.12. The van der Waals surface area contributed by atoms with E-state index >= 15 is 0 Å². The first-order chi connectivity index (χ1) is 11.5. The molecule has 3 aromatic carbocycles. The Morgan fingerprint density at radius 2 is 1.71 bits per heavy atom. The highest BCUT2D eigenvalue weighted by Gasteiger charge is 2.08. The molecule has 124 valence electrons. The van der Waals surface area contributed by atoms with Crippen LogP contribution < -0.4 is 9.47 Å². The first-order valence-corrected chi connectivity index (χ1v) is 9.11. The molecule has 0 aliphatic heterocycles. The molecule has 24 heavy (non-hydrogen) atoms. The highest BCUT2D eigenvalue weighted by atomic mass is 79.9. The third-order valence-corrected chi connectivity index (χ3v) is 4.53. The van der Waals surface area contributed by atoms with E-state index in [1.807, 2.05) is 55.5 Å². The lowest BCUT2D eigenvalue weighted by Crippen LogP contribution is -2.02. The maximum atomic E-state index is 6.27. The minimum Gasteiger partial charge on any atom is -0.488 e. The molecule has 5 heteroatoms. The van der Waals surface area contributed by atoms with Crippen molar-refractivity contribution < 1.29 is 9.47 Å². The Hall–Kier alpha value is -1.42. The summed E-state index contributed by atoms with van der Waals surface area (Å²) in [5.41, 5.74) is 1.06. The van der Waals surface area contributed by atoms with Gasteiger partial charge in [-0.2, -0.15) is 0 Å². The zero-order valence-electron chi connectivity index (χ0n) is 12.9. The van der Waals surface area contributed by atoms with Gasteiger partial charge in [-0.1, -0.05) is 47.5 Å². The van der Waals surface area contributed by atoms with E-state index in [1.165, 1.54) is 0 Å². The number of alkyl halides is 1. The van der Waals surface area contributed by atoms with E-state index < -0.39 is 0 Å². The van der Waals surface area contributed by atoms with Crippen LogP contribution in [0.25, 0.3) is 10.8 Å². The van der Waals surface area contributed by atoms with Crippen molar-refractivity contribution in [2.75, 3.05) is 0 Å². The normalized spacial score (nSPS) is 12.2. The molecular weight excluding hydrogens is 411 g/mol. The van der Waals surface area contributed by atoms with Gasteiger partial charge in [0.1, 0.15) is 18.1 Å². The van der Waals surface area contributed by atoms with E-state index in [2.05, 4.69) is 15.9 Å². The molecule has 0 radical (unpaired) electrons. The van der Waals surface area contributed by atoms with Crippen LogP contribution in [0.1, 0.15) is 12.5 Å². The molecule has 1 atom stereocenters. The van der Waals surface area contributed by atoms with Crippen molar-refractivity contribution in [1.82, 2.24) is 0 Å². The van der Waals surface area contributed by atoms with Gasteiger partial charge in [0.25, 0.3) is 0 Å². The molecule has 0 saturated heterocycles. The first kappa shape index (κ1) is 17.4. The van der Waals surface area contributed by atoms with Crippen LogP contribution in [0.5, 0.6) is 11.5 Å². The van der Waals surface area contributed by atoms with Crippen LogP contribution in [0.15, 0.2) is 54.6 Å². The number of rotatable bonds is 5. The van der Waals surface area contributed by atoms with Gasteiger partial charge >= 0.3 is 0 Å². The minimum absolute atomic E-state index is 0.0214. The lowest BCUT2D eigenvalue weighted by atomic mass is 10.1. The molecule has 3 rings (SSSR count). The first-order valence-electron chi connectivity index (χ1n) is 7.44. The molecule has 0 bridgehead atoms. The Kier molecular flexibility index (Phi) is 5.54. The Balaban J connectivity index is 1.77. The van der Waals surface area contributed by atoms with Gasteiger partial charge in [0.15, 0.2) is 5.01 Å². The SMILES string of the molecule is CC(Br)Oc1ccc(COc2cccc3c(Cl)c(Cl)ccc23)cc1. The van der Waals surface area contributed by atoms with Crippen molar-refractivity contribution in [1.29, 1.82) is 0 Å². The van der Waals surface area contributed by atoms with Gasteiger partial charge in [-0.05, 0) is 58.7 Å². The number of benzene rings is 3. The summed E-state index contributed by atoms with van der Waals surface area (Å²) in [7, 11) is 0. The Morgan fingerprint density at radius 1 is 0.958 bits per heavy atom. The zero-order chi connectivity index (χ0) is 17.1. The van der Waals surface area contributed by atoms with Crippen molar-refractivity contribution in [3.05, 3.63) is 70.2 Å². The second-order valence-corrected chi connectivity index (χ2v) is 7.38. The minimum atomic E-state index is -0.0214. The second-order valence-electron chi connectivity index (χ2n) is 5.31. The molecular formula is C19H15BrCl2O2. The summed E-state index contributed by atoms with van der Waals surface area (Å²) >= 11 is 15.7. The molecule has 0 spiro atoms. The molecule has 2 nitrogen and oxygen atoms in total. The average molecular weight is 426 g/mol. The van der Waals surface area contributed by atoms with Crippen molar-refractivity contribution in [3.63, 3.8) is 0 Å². The molecule has 0 aromatic heterocycles. The van der Waals surface area contributed by atoms with Gasteiger partial charge in [0.2, 0.25) is 0 Å². The van der Waals surface area contributed by atoms with E-state index in [9.17, 15) is 0 Å². The molecule has 3 aromatic rings. The molecule has 0 N–H and O–H groups in total. The van der Waals surface area contributed by atoms with Gasteiger partial charge in [-0.25, -0.2) is 0 Å². The molecule has 0 aliphatic carbocycles. The van der Waals surface area contributed by atoms with E-state index in [0.717, 1.165) is 27.8 Å². The highest BCUT2D eigenvalue weighted by molar-refractivity contribution is 9.09. The number of ether oxygens (including phenoxy) is 2. The summed E-state index contributed by atoms with van der Waals surface area (Å²) in [4.78, 5) is 0. The summed E-state index contributed by atoms with van der Waals surface area (Å²) < 4.78 is 11.5. The third-order valence-electron chi connectivity index (χ3n) is 3.52. The fourth-order valence-corrected chi connectivity index (χ4v) is 3.01. The van der Waals surface area contributed by atoms with Crippen LogP contribution in [0, 0.1) is 0 Å². The predicted octanol–water partition coefficient (Wildman–Crippen LogP) is 6.85. The zero-order valence-corrected chi connectivity index (χ0v) is 16.0. The van der Waals surface area contributed by atoms with Gasteiger partial charge < -0.3 is 9.47 Å². The second kappa shape index (κ2) is 7.64. The number of halogens is 3. The van der Waals surface area contributed by atoms with Crippen molar-refractivity contribution >= 4 is 49.9 Å². The summed E-state index contributed by atoms with van der Waals surface area (Å²) in [5, 5.41) is 2.89. The van der Waals surface area contributed by atoms with Gasteiger partial charge in [-0.15, -0.1) is 0 Å². The van der Waals surface area contributed by atoms with Gasteiger partial charge in [0, 0.05) is 10.8 Å². The van der Waals surface area contributed by atoms with E-state index in [1.54, 1.807) is 6.07 Å². The lowest BCUT2D eigenvalue weighted by molar-refractivity contribution is 0.306. The van der Waals surface area contributed by atoms with Crippen LogP contribution in [0.3, 0.4) is 0 Å². The van der Waals surface area contributed by atoms with E-state index in [-0.39, 0.29) is 5.01 Å². The fraction of sp³-hybridized carbons (Fsp3) is 0.158. The Morgan fingerprint density at radius 3 is 2.42 bits per heavy atom. The molecule has 0 amide bonds. The monoisotopic (exact) mass is 424 g/mol. The summed E-state index contributed by atoms with van der Waals surface area (Å²) in [6, 6.07) is 17.3. The van der Waals surface area contributed by atoms with Crippen LogP contribution >= 0.6 is 39.1 Å². The molecule has 0 aliphatic rings. The molecule has 0 fully saturated rings. The Bertz CT molecular complexity index is 848. The predicted molar refractivity (Wildman–Crippen MR) is 104 cm³/mol. The smallest absolute Gasteiger partial charge is 0.150 e. The van der Waals surface area contributed by atoms with Gasteiger partial charge in [-0.3, -0.25) is 0 Å². The van der Waals surface area contributed by atoms with Crippen LogP contribution in [-0.2, 0) is 6.61 Å². The Labute approximate surface area is 159 Å². The molecule has 0 heterocycles. The number of fused-ring (bicyclic) bond motifs is 1. The summed E-state index contributed by atoms with van der Waals surface area (Å²) in [5.74, 6) is 1.59. The maximum Gasteiger partial charge on any atom is 0.150 e. The quantitative estimate of drug-likeness (QED) is 0.416. The fourth-order valence-electron chi connectivity index (χ4n) is 2.40. The van der Waals surface area contributed by atoms with Gasteiger partial charge in [0.05, 0.1) is 10.0 Å². The molecule has 1 unspecified atom stereocenters. The van der Waals surface area contributed by atoms with E-state index in [4.69, 9.17) is 32.7 Å². The largest absolute Gasteiger partial charge is 0.488 e. The average Bonchev–Trinajstić information content (AvgIpc) is 2.57. The summed E-state index contributed by atoms with van der Waals surface area (Å²) in [6.07, 6.45) is 0. The number of hydrogen-bond donors (Lipinski definition) is 0. The highest BCUT2D eigenvalue weighted by Crippen LogP contribution is 2.35. The van der Waals surface area contributed by atoms with Crippen LogP contribution in [0.4, 0.5) is 0 Å². The van der Waals surface area contributed by atoms with Crippen molar-refractivity contribution in [3.8, 4) is 11.5 Å². The van der Waals surface area contributed by atoms with Crippen LogP contribution in [0.2, 0.25) is 10.0 Å². The van der Waals surface area contributed by atoms with Crippen molar-refractivity contribution in [2.24, 2.45) is 0 Å². The van der Waals surface area contributed by atoms with Crippen molar-refractivity contribution in [2.45, 2.75) is 18.5 Å². The maximum absolute atomic E-state index is 6.27. The topological polar surface area (TPSA) is 18.5 Å². The van der Waals surface area contributed by atoms with E-state index in [0.29, 0.717) is 16.7 Å². The number of hydrogen-bond acceptors (Lipinski definition) is 2. The van der Waals surface area contributed by atoms with Crippen LogP contribution in [-0.4, -0.2) is 5.01 Å².